The van der Waals surface area contributed by atoms with Crippen LogP contribution in [0.15, 0.2) is 54.7 Å². The summed E-state index contributed by atoms with van der Waals surface area (Å²) in [4.78, 5) is 4.82. The highest BCUT2D eigenvalue weighted by Gasteiger charge is 2.19. The van der Waals surface area contributed by atoms with Crippen LogP contribution in [0.5, 0.6) is 11.5 Å². The Morgan fingerprint density at radius 2 is 1.73 bits per heavy atom. The molecule has 0 aliphatic carbocycles. The predicted molar refractivity (Wildman–Crippen MR) is 154 cm³/mol. The second-order valence-corrected chi connectivity index (χ2v) is 10.6. The Morgan fingerprint density at radius 3 is 2.46 bits per heavy atom. The Bertz CT molecular complexity index is 1410. The van der Waals surface area contributed by atoms with Crippen LogP contribution in [0.3, 0.4) is 0 Å². The number of methoxy groups -OCH3 is 1. The van der Waals surface area contributed by atoms with Gasteiger partial charge in [0, 0.05) is 34.3 Å². The fraction of sp³-hybridized carbons (Fsp3) is 0.344. The Kier molecular flexibility index (Phi) is 7.68. The van der Waals surface area contributed by atoms with Crippen LogP contribution in [0.2, 0.25) is 5.02 Å². The molecule has 1 fully saturated rings. The van der Waals surface area contributed by atoms with Gasteiger partial charge in [-0.05, 0) is 76.4 Å². The largest absolute Gasteiger partial charge is 0.496 e. The molecule has 5 heteroatoms. The number of ether oxygens (including phenoxy) is 2. The van der Waals surface area contributed by atoms with Gasteiger partial charge in [0.25, 0.3) is 0 Å². The predicted octanol–water partition coefficient (Wildman–Crippen LogP) is 8.07. The van der Waals surface area contributed by atoms with Crippen molar-refractivity contribution in [1.82, 2.24) is 10.3 Å². The zero-order chi connectivity index (χ0) is 25.9. The first-order valence-corrected chi connectivity index (χ1v) is 13.5. The van der Waals surface area contributed by atoms with Gasteiger partial charge in [-0.25, -0.2) is 0 Å². The van der Waals surface area contributed by atoms with Gasteiger partial charge in [0.1, 0.15) is 11.5 Å². The molecule has 1 aromatic heterocycles. The van der Waals surface area contributed by atoms with Crippen molar-refractivity contribution in [2.24, 2.45) is 0 Å². The van der Waals surface area contributed by atoms with Crippen LogP contribution in [0.4, 0.5) is 0 Å². The number of benzene rings is 3. The van der Waals surface area contributed by atoms with Crippen molar-refractivity contribution >= 4 is 22.5 Å². The smallest absolute Gasteiger partial charge is 0.138 e. The fourth-order valence-electron chi connectivity index (χ4n) is 5.39. The number of halogens is 1. The van der Waals surface area contributed by atoms with E-state index >= 15 is 0 Å². The third-order valence-corrected chi connectivity index (χ3v) is 7.52. The summed E-state index contributed by atoms with van der Waals surface area (Å²) in [5.41, 5.74) is 8.38. The van der Waals surface area contributed by atoms with Crippen LogP contribution >= 0.6 is 11.6 Å². The van der Waals surface area contributed by atoms with E-state index in [4.69, 9.17) is 26.1 Å². The molecular formula is C32H35ClN2O2. The van der Waals surface area contributed by atoms with E-state index in [9.17, 15) is 0 Å². The number of rotatable bonds is 7. The van der Waals surface area contributed by atoms with E-state index in [0.717, 1.165) is 63.2 Å². The molecule has 3 aromatic carbocycles. The van der Waals surface area contributed by atoms with E-state index in [1.54, 1.807) is 7.11 Å². The molecule has 1 atom stereocenters. The first-order valence-electron chi connectivity index (χ1n) is 13.1. The van der Waals surface area contributed by atoms with Gasteiger partial charge in [-0.1, -0.05) is 59.0 Å². The molecule has 192 valence electrons. The van der Waals surface area contributed by atoms with Crippen molar-refractivity contribution in [3.05, 3.63) is 76.4 Å². The summed E-state index contributed by atoms with van der Waals surface area (Å²) in [5.74, 6) is 1.64. The highest BCUT2D eigenvalue weighted by atomic mass is 35.5. The van der Waals surface area contributed by atoms with E-state index in [1.165, 1.54) is 30.4 Å². The molecule has 1 N–H and O–H groups in total. The number of piperidine rings is 1. The zero-order valence-corrected chi connectivity index (χ0v) is 22.9. The zero-order valence-electron chi connectivity index (χ0n) is 22.2. The van der Waals surface area contributed by atoms with Gasteiger partial charge in [-0.15, -0.1) is 0 Å². The summed E-state index contributed by atoms with van der Waals surface area (Å²) < 4.78 is 12.3. The highest BCUT2D eigenvalue weighted by Crippen LogP contribution is 2.43. The van der Waals surface area contributed by atoms with Crippen molar-refractivity contribution in [2.75, 3.05) is 20.3 Å². The lowest BCUT2D eigenvalue weighted by atomic mass is 9.96. The van der Waals surface area contributed by atoms with Crippen molar-refractivity contribution in [3.8, 4) is 33.8 Å². The maximum Gasteiger partial charge on any atom is 0.138 e. The molecule has 4 nitrogen and oxygen atoms in total. The first-order chi connectivity index (χ1) is 17.9. The summed E-state index contributed by atoms with van der Waals surface area (Å²) in [5, 5.41) is 5.23. The number of hydrogen-bond acceptors (Lipinski definition) is 4. The molecule has 1 unspecified atom stereocenters. The number of nitrogens with one attached hydrogen (secondary N) is 1. The van der Waals surface area contributed by atoms with Crippen LogP contribution in [-0.2, 0) is 0 Å². The number of aromatic nitrogens is 1. The molecule has 0 spiro atoms. The molecule has 1 aliphatic heterocycles. The number of nitrogens with zero attached hydrogens (tertiary/aromatic N) is 1. The standard InChI is InChI=1S/C32H35ClN2O2/c1-20-8-9-31(36-4)26(16-20)25-17-27-30(18-29(25)33)35-19-28(23-14-21(2)13-22(3)15-23)32(27)37-12-10-24-7-5-6-11-34-24/h8-9,13-19,24,34H,5-7,10-12H2,1-4H3. The summed E-state index contributed by atoms with van der Waals surface area (Å²) in [6, 6.07) is 17.3. The number of pyridine rings is 1. The number of hydrogen-bond donors (Lipinski definition) is 1. The Labute approximate surface area is 225 Å². The minimum absolute atomic E-state index is 0.507. The molecule has 0 radical (unpaired) electrons. The molecule has 0 bridgehead atoms. The average molecular weight is 515 g/mol. The minimum atomic E-state index is 0.507. The minimum Gasteiger partial charge on any atom is -0.496 e. The van der Waals surface area contributed by atoms with Crippen molar-refractivity contribution in [1.29, 1.82) is 0 Å². The van der Waals surface area contributed by atoms with E-state index in [2.05, 4.69) is 56.4 Å². The van der Waals surface area contributed by atoms with Gasteiger partial charge in [0.05, 0.1) is 24.3 Å². The maximum absolute atomic E-state index is 6.83. The third-order valence-electron chi connectivity index (χ3n) is 7.21. The van der Waals surface area contributed by atoms with Gasteiger partial charge < -0.3 is 14.8 Å². The van der Waals surface area contributed by atoms with Gasteiger partial charge >= 0.3 is 0 Å². The second-order valence-electron chi connectivity index (χ2n) is 10.2. The lowest BCUT2D eigenvalue weighted by Gasteiger charge is -2.24. The third kappa shape index (κ3) is 5.61. The van der Waals surface area contributed by atoms with Crippen LogP contribution < -0.4 is 14.8 Å². The van der Waals surface area contributed by atoms with Gasteiger partial charge in [-0.2, -0.15) is 0 Å². The average Bonchev–Trinajstić information content (AvgIpc) is 2.88. The van der Waals surface area contributed by atoms with E-state index < -0.39 is 0 Å². The molecular weight excluding hydrogens is 480 g/mol. The van der Waals surface area contributed by atoms with Crippen molar-refractivity contribution in [3.63, 3.8) is 0 Å². The summed E-state index contributed by atoms with van der Waals surface area (Å²) >= 11 is 6.83. The Hall–Kier alpha value is -3.08. The number of aryl methyl sites for hydroxylation is 3. The van der Waals surface area contributed by atoms with Crippen LogP contribution in [0.25, 0.3) is 33.2 Å². The monoisotopic (exact) mass is 514 g/mol. The van der Waals surface area contributed by atoms with Gasteiger partial charge in [0.15, 0.2) is 0 Å². The molecule has 4 aromatic rings. The van der Waals surface area contributed by atoms with Crippen LogP contribution in [-0.4, -0.2) is 31.3 Å². The van der Waals surface area contributed by atoms with Crippen LogP contribution in [0.1, 0.15) is 42.4 Å². The summed E-state index contributed by atoms with van der Waals surface area (Å²) in [6.45, 7) is 8.06. The lowest BCUT2D eigenvalue weighted by Crippen LogP contribution is -2.35. The summed E-state index contributed by atoms with van der Waals surface area (Å²) in [7, 11) is 1.69. The second kappa shape index (κ2) is 11.1. The molecule has 2 heterocycles. The summed E-state index contributed by atoms with van der Waals surface area (Å²) in [6.07, 6.45) is 6.65. The number of fused-ring (bicyclic) bond motifs is 1. The van der Waals surface area contributed by atoms with Crippen LogP contribution in [0, 0.1) is 20.8 Å². The quantitative estimate of drug-likeness (QED) is 0.271. The molecule has 0 amide bonds. The van der Waals surface area contributed by atoms with Gasteiger partial charge in [-0.3, -0.25) is 4.98 Å². The normalized spacial score (nSPS) is 15.6. The molecule has 0 saturated carbocycles. The maximum atomic E-state index is 6.83. The molecule has 1 aliphatic rings. The van der Waals surface area contributed by atoms with Gasteiger partial charge in [0.2, 0.25) is 0 Å². The molecule has 1 saturated heterocycles. The van der Waals surface area contributed by atoms with Crippen molar-refractivity contribution < 1.29 is 9.47 Å². The molecule has 37 heavy (non-hydrogen) atoms. The van der Waals surface area contributed by atoms with E-state index in [0.29, 0.717) is 17.7 Å². The first kappa shape index (κ1) is 25.6. The fourth-order valence-corrected chi connectivity index (χ4v) is 5.65. The lowest BCUT2D eigenvalue weighted by molar-refractivity contribution is 0.271. The SMILES string of the molecule is COc1ccc(C)cc1-c1cc2c(OCCC3CCCCN3)c(-c3cc(C)cc(C)c3)cnc2cc1Cl. The van der Waals surface area contributed by atoms with E-state index in [-0.39, 0.29) is 0 Å². The molecule has 5 rings (SSSR count). The highest BCUT2D eigenvalue weighted by molar-refractivity contribution is 6.34. The Balaban J connectivity index is 1.64. The van der Waals surface area contributed by atoms with Crippen molar-refractivity contribution in [2.45, 2.75) is 52.5 Å². The Morgan fingerprint density at radius 1 is 0.919 bits per heavy atom. The van der Waals surface area contributed by atoms with E-state index in [1.807, 2.05) is 24.4 Å². The topological polar surface area (TPSA) is 43.4 Å².